The number of hydrogen-bond donors (Lipinski definition) is 2. The maximum atomic E-state index is 13.0. The Kier molecular flexibility index (Phi) is 6.86. The Morgan fingerprint density at radius 1 is 1.06 bits per heavy atom. The Labute approximate surface area is 180 Å². The van der Waals surface area contributed by atoms with Gasteiger partial charge in [0.05, 0.1) is 16.8 Å². The zero-order valence-electron chi connectivity index (χ0n) is 17.0. The Morgan fingerprint density at radius 3 is 2.32 bits per heavy atom. The van der Waals surface area contributed by atoms with Gasteiger partial charge in [-0.15, -0.1) is 0 Å². The first-order valence-electron chi connectivity index (χ1n) is 9.60. The van der Waals surface area contributed by atoms with E-state index in [4.69, 9.17) is 4.74 Å². The third kappa shape index (κ3) is 6.02. The van der Waals surface area contributed by atoms with E-state index in [9.17, 15) is 17.6 Å². The first-order chi connectivity index (χ1) is 14.8. The minimum absolute atomic E-state index is 0.0633. The lowest BCUT2D eigenvalue weighted by atomic mass is 10.2. The number of amides is 1. The number of carbonyl (C=O) groups is 1. The van der Waals surface area contributed by atoms with Gasteiger partial charge in [0, 0.05) is 17.7 Å². The van der Waals surface area contributed by atoms with Crippen molar-refractivity contribution in [2.75, 3.05) is 4.72 Å². The highest BCUT2D eigenvalue weighted by Gasteiger charge is 2.14. The normalized spacial score (nSPS) is 12.1. The third-order valence-corrected chi connectivity index (χ3v) is 5.84. The van der Waals surface area contributed by atoms with E-state index >= 15 is 0 Å². The molecule has 2 N–H and O–H groups in total. The molecule has 0 spiro atoms. The molecule has 9 heteroatoms. The van der Waals surface area contributed by atoms with Gasteiger partial charge in [-0.05, 0) is 67.9 Å². The molecule has 0 bridgehead atoms. The summed E-state index contributed by atoms with van der Waals surface area (Å²) in [5.74, 6) is 0.0527. The number of nitrogens with zero attached hydrogens (tertiary/aromatic N) is 1. The van der Waals surface area contributed by atoms with E-state index in [0.717, 1.165) is 18.6 Å². The Bertz CT molecular complexity index is 1130. The van der Waals surface area contributed by atoms with Crippen molar-refractivity contribution < 1.29 is 22.3 Å². The highest BCUT2D eigenvalue weighted by Crippen LogP contribution is 2.22. The van der Waals surface area contributed by atoms with E-state index in [1.54, 1.807) is 24.3 Å². The number of rotatable bonds is 8. The molecule has 31 heavy (non-hydrogen) atoms. The second-order valence-electron chi connectivity index (χ2n) is 6.85. The predicted octanol–water partition coefficient (Wildman–Crippen LogP) is 4.34. The molecule has 0 radical (unpaired) electrons. The minimum Gasteiger partial charge on any atom is -0.439 e. The van der Waals surface area contributed by atoms with Gasteiger partial charge in [-0.1, -0.05) is 6.92 Å². The van der Waals surface area contributed by atoms with Gasteiger partial charge in [0.1, 0.15) is 11.6 Å². The molecule has 0 aliphatic carbocycles. The molecule has 0 fully saturated rings. The molecule has 0 saturated heterocycles. The van der Waals surface area contributed by atoms with Gasteiger partial charge in [-0.3, -0.25) is 9.52 Å². The van der Waals surface area contributed by atoms with Crippen LogP contribution in [-0.2, 0) is 10.0 Å². The van der Waals surface area contributed by atoms with Crippen molar-refractivity contribution in [2.24, 2.45) is 0 Å². The third-order valence-electron chi connectivity index (χ3n) is 4.44. The molecule has 1 unspecified atom stereocenters. The minimum atomic E-state index is -3.86. The Morgan fingerprint density at radius 2 is 1.74 bits per heavy atom. The van der Waals surface area contributed by atoms with Crippen LogP contribution in [-0.4, -0.2) is 25.4 Å². The largest absolute Gasteiger partial charge is 0.439 e. The molecular weight excluding hydrogens is 421 g/mol. The smallest absolute Gasteiger partial charge is 0.261 e. The zero-order valence-corrected chi connectivity index (χ0v) is 17.8. The lowest BCUT2D eigenvalue weighted by Gasteiger charge is -2.12. The van der Waals surface area contributed by atoms with Crippen molar-refractivity contribution in [1.82, 2.24) is 10.3 Å². The number of hydrogen-bond acceptors (Lipinski definition) is 5. The number of anilines is 1. The molecule has 1 amide bonds. The number of benzene rings is 2. The molecule has 1 aromatic heterocycles. The van der Waals surface area contributed by atoms with E-state index in [1.807, 2.05) is 13.8 Å². The summed E-state index contributed by atoms with van der Waals surface area (Å²) in [4.78, 5) is 16.1. The summed E-state index contributed by atoms with van der Waals surface area (Å²) >= 11 is 0. The fraction of sp³-hybridized carbons (Fsp3) is 0.182. The van der Waals surface area contributed by atoms with Crippen molar-refractivity contribution >= 4 is 21.6 Å². The molecule has 7 nitrogen and oxygen atoms in total. The molecular formula is C22H22FN3O4S. The number of pyridine rings is 1. The van der Waals surface area contributed by atoms with Crippen LogP contribution in [0.2, 0.25) is 0 Å². The second-order valence-corrected chi connectivity index (χ2v) is 8.54. The number of carbonyl (C=O) groups excluding carboxylic acids is 1. The standard InChI is InChI=1S/C22H22FN3O4S/c1-3-15(2)25-22(27)16-4-9-19(10-5-16)30-21-13-8-18(14-24-21)26-31(28,29)20-11-6-17(23)7-12-20/h4-15,26H,3H2,1-2H3,(H,25,27). The molecule has 0 aliphatic rings. The van der Waals surface area contributed by atoms with Gasteiger partial charge >= 0.3 is 0 Å². The topological polar surface area (TPSA) is 97.4 Å². The number of sulfonamides is 1. The number of halogens is 1. The summed E-state index contributed by atoms with van der Waals surface area (Å²) in [6.45, 7) is 3.93. The molecule has 3 aromatic rings. The van der Waals surface area contributed by atoms with Crippen molar-refractivity contribution in [3.63, 3.8) is 0 Å². The Balaban J connectivity index is 1.63. The van der Waals surface area contributed by atoms with E-state index in [-0.39, 0.29) is 28.4 Å². The van der Waals surface area contributed by atoms with E-state index in [2.05, 4.69) is 15.0 Å². The van der Waals surface area contributed by atoms with Gasteiger partial charge in [-0.25, -0.2) is 17.8 Å². The monoisotopic (exact) mass is 443 g/mol. The van der Waals surface area contributed by atoms with Crippen LogP contribution in [0.15, 0.2) is 71.8 Å². The zero-order chi connectivity index (χ0) is 22.4. The fourth-order valence-electron chi connectivity index (χ4n) is 2.53. The summed E-state index contributed by atoms with van der Waals surface area (Å²) in [5, 5.41) is 2.89. The maximum absolute atomic E-state index is 13.0. The molecule has 3 rings (SSSR count). The van der Waals surface area contributed by atoms with Crippen LogP contribution in [0.4, 0.5) is 10.1 Å². The van der Waals surface area contributed by atoms with Gasteiger partial charge in [0.25, 0.3) is 15.9 Å². The van der Waals surface area contributed by atoms with Crippen molar-refractivity contribution in [3.8, 4) is 11.6 Å². The quantitative estimate of drug-likeness (QED) is 0.540. The molecule has 0 aliphatic heterocycles. The van der Waals surface area contributed by atoms with Crippen molar-refractivity contribution in [3.05, 3.63) is 78.2 Å². The van der Waals surface area contributed by atoms with Crippen LogP contribution in [0.3, 0.4) is 0 Å². The van der Waals surface area contributed by atoms with Crippen LogP contribution in [0.1, 0.15) is 30.6 Å². The lowest BCUT2D eigenvalue weighted by molar-refractivity contribution is 0.0939. The summed E-state index contributed by atoms with van der Waals surface area (Å²) < 4.78 is 45.7. The van der Waals surface area contributed by atoms with Crippen molar-refractivity contribution in [1.29, 1.82) is 0 Å². The SMILES string of the molecule is CCC(C)NC(=O)c1ccc(Oc2ccc(NS(=O)(=O)c3ccc(F)cc3)cn2)cc1. The number of ether oxygens (including phenoxy) is 1. The summed E-state index contributed by atoms with van der Waals surface area (Å²) in [7, 11) is -3.86. The van der Waals surface area contributed by atoms with E-state index in [1.165, 1.54) is 30.5 Å². The number of nitrogens with one attached hydrogen (secondary N) is 2. The van der Waals surface area contributed by atoms with Crippen LogP contribution in [0.5, 0.6) is 11.6 Å². The maximum Gasteiger partial charge on any atom is 0.261 e. The van der Waals surface area contributed by atoms with Gasteiger partial charge in [0.2, 0.25) is 5.88 Å². The first kappa shape index (κ1) is 22.2. The summed E-state index contributed by atoms with van der Waals surface area (Å²) in [6.07, 6.45) is 2.15. The molecule has 1 heterocycles. The Hall–Kier alpha value is -3.46. The van der Waals surface area contributed by atoms with Crippen LogP contribution < -0.4 is 14.8 Å². The average molecular weight is 444 g/mol. The van der Waals surface area contributed by atoms with Crippen molar-refractivity contribution in [2.45, 2.75) is 31.2 Å². The van der Waals surface area contributed by atoms with E-state index < -0.39 is 15.8 Å². The predicted molar refractivity (Wildman–Crippen MR) is 115 cm³/mol. The van der Waals surface area contributed by atoms with Crippen LogP contribution >= 0.6 is 0 Å². The second kappa shape index (κ2) is 9.57. The molecule has 2 aromatic carbocycles. The highest BCUT2D eigenvalue weighted by molar-refractivity contribution is 7.92. The van der Waals surface area contributed by atoms with Gasteiger partial charge in [0.15, 0.2) is 0 Å². The van der Waals surface area contributed by atoms with Crippen LogP contribution in [0.25, 0.3) is 0 Å². The van der Waals surface area contributed by atoms with Crippen LogP contribution in [0, 0.1) is 5.82 Å². The number of aromatic nitrogens is 1. The summed E-state index contributed by atoms with van der Waals surface area (Å²) in [6, 6.07) is 14.2. The van der Waals surface area contributed by atoms with Gasteiger partial charge in [-0.2, -0.15) is 0 Å². The van der Waals surface area contributed by atoms with Gasteiger partial charge < -0.3 is 10.1 Å². The van der Waals surface area contributed by atoms with E-state index in [0.29, 0.717) is 11.3 Å². The lowest BCUT2D eigenvalue weighted by Crippen LogP contribution is -2.31. The average Bonchev–Trinajstić information content (AvgIpc) is 2.75. The first-order valence-corrected chi connectivity index (χ1v) is 11.1. The molecule has 0 saturated carbocycles. The molecule has 162 valence electrons. The summed E-state index contributed by atoms with van der Waals surface area (Å²) in [5.41, 5.74) is 0.750. The molecule has 1 atom stereocenters. The fourth-order valence-corrected chi connectivity index (χ4v) is 3.58. The highest BCUT2D eigenvalue weighted by atomic mass is 32.2.